The van der Waals surface area contributed by atoms with Crippen LogP contribution in [0.25, 0.3) is 10.9 Å². The molecule has 0 aliphatic rings. The molecule has 1 aromatic carbocycles. The van der Waals surface area contributed by atoms with Crippen LogP contribution in [-0.4, -0.2) is 33.9 Å². The number of nitrogens with zero attached hydrogens (tertiary/aromatic N) is 4. The minimum Gasteiger partial charge on any atom is -0.369 e. The molecule has 0 bridgehead atoms. The van der Waals surface area contributed by atoms with Crippen molar-refractivity contribution in [3.8, 4) is 0 Å². The van der Waals surface area contributed by atoms with E-state index in [0.29, 0.717) is 11.8 Å². The summed E-state index contributed by atoms with van der Waals surface area (Å²) in [5, 5.41) is 0.912. The molecule has 0 atom stereocenters. The van der Waals surface area contributed by atoms with Crippen molar-refractivity contribution in [2.24, 2.45) is 10.7 Å². The van der Waals surface area contributed by atoms with Crippen molar-refractivity contribution < 1.29 is 0 Å². The predicted octanol–water partition coefficient (Wildman–Crippen LogP) is 1.92. The molecular formula is C13H17N5. The topological polar surface area (TPSA) is 67.4 Å². The highest BCUT2D eigenvalue weighted by molar-refractivity contribution is 5.91. The Kier molecular flexibility index (Phi) is 3.72. The molecule has 2 rings (SSSR count). The van der Waals surface area contributed by atoms with Gasteiger partial charge in [0.25, 0.3) is 0 Å². The summed E-state index contributed by atoms with van der Waals surface area (Å²) in [6.07, 6.45) is 1.51. The molecular weight excluding hydrogens is 226 g/mol. The SMILES string of the molecule is CCN(CC)C(N)=Nc1ncnc2ccccc12. The number of aliphatic imine (C=N–C) groups is 1. The Balaban J connectivity index is 2.45. The van der Waals surface area contributed by atoms with Gasteiger partial charge in [-0.15, -0.1) is 0 Å². The molecule has 5 nitrogen and oxygen atoms in total. The number of nitrogens with two attached hydrogens (primary N) is 1. The second-order valence-corrected chi connectivity index (χ2v) is 3.86. The van der Waals surface area contributed by atoms with E-state index in [-0.39, 0.29) is 0 Å². The molecule has 5 heteroatoms. The Morgan fingerprint density at radius 2 is 1.94 bits per heavy atom. The van der Waals surface area contributed by atoms with E-state index < -0.39 is 0 Å². The Labute approximate surface area is 106 Å². The van der Waals surface area contributed by atoms with E-state index in [1.807, 2.05) is 43.0 Å². The van der Waals surface area contributed by atoms with E-state index in [0.717, 1.165) is 24.0 Å². The molecule has 2 N–H and O–H groups in total. The maximum atomic E-state index is 5.98. The summed E-state index contributed by atoms with van der Waals surface area (Å²) in [6, 6.07) is 7.77. The molecule has 0 aliphatic heterocycles. The van der Waals surface area contributed by atoms with Crippen molar-refractivity contribution in [3.63, 3.8) is 0 Å². The Hall–Kier alpha value is -2.17. The lowest BCUT2D eigenvalue weighted by atomic mass is 10.2. The Bertz CT molecular complexity index is 555. The number of hydrogen-bond donors (Lipinski definition) is 1. The first-order valence-corrected chi connectivity index (χ1v) is 6.05. The van der Waals surface area contributed by atoms with Gasteiger partial charge in [0.2, 0.25) is 0 Å². The minimum absolute atomic E-state index is 0.490. The number of guanidine groups is 1. The molecule has 0 saturated heterocycles. The summed E-state index contributed by atoms with van der Waals surface area (Å²) in [7, 11) is 0. The predicted molar refractivity (Wildman–Crippen MR) is 73.7 cm³/mol. The highest BCUT2D eigenvalue weighted by atomic mass is 15.3. The number of benzene rings is 1. The maximum absolute atomic E-state index is 5.98. The molecule has 18 heavy (non-hydrogen) atoms. The number of para-hydroxylation sites is 1. The highest BCUT2D eigenvalue weighted by Gasteiger charge is 2.06. The fourth-order valence-electron chi connectivity index (χ4n) is 1.81. The van der Waals surface area contributed by atoms with Gasteiger partial charge < -0.3 is 10.6 Å². The first-order chi connectivity index (χ1) is 8.76. The smallest absolute Gasteiger partial charge is 0.197 e. The fourth-order valence-corrected chi connectivity index (χ4v) is 1.81. The number of hydrogen-bond acceptors (Lipinski definition) is 3. The summed E-state index contributed by atoms with van der Waals surface area (Å²) >= 11 is 0. The van der Waals surface area contributed by atoms with Gasteiger partial charge in [0, 0.05) is 18.5 Å². The van der Waals surface area contributed by atoms with E-state index in [1.54, 1.807) is 0 Å². The summed E-state index contributed by atoms with van der Waals surface area (Å²) in [5.41, 5.74) is 6.85. The zero-order valence-electron chi connectivity index (χ0n) is 10.7. The number of fused-ring (bicyclic) bond motifs is 1. The normalized spacial score (nSPS) is 11.8. The molecule has 0 unspecified atom stereocenters. The quantitative estimate of drug-likeness (QED) is 0.660. The van der Waals surface area contributed by atoms with Gasteiger partial charge in [-0.1, -0.05) is 12.1 Å². The molecule has 0 aliphatic carbocycles. The monoisotopic (exact) mass is 243 g/mol. The van der Waals surface area contributed by atoms with Crippen LogP contribution < -0.4 is 5.73 Å². The third-order valence-corrected chi connectivity index (χ3v) is 2.83. The molecule has 0 spiro atoms. The maximum Gasteiger partial charge on any atom is 0.197 e. The van der Waals surface area contributed by atoms with Gasteiger partial charge in [-0.05, 0) is 26.0 Å². The largest absolute Gasteiger partial charge is 0.369 e. The summed E-state index contributed by atoms with van der Waals surface area (Å²) in [4.78, 5) is 14.8. The number of rotatable bonds is 3. The van der Waals surface area contributed by atoms with E-state index in [2.05, 4.69) is 15.0 Å². The second kappa shape index (κ2) is 5.44. The van der Waals surface area contributed by atoms with E-state index in [4.69, 9.17) is 5.73 Å². The lowest BCUT2D eigenvalue weighted by molar-refractivity contribution is 0.460. The van der Waals surface area contributed by atoms with Crippen LogP contribution >= 0.6 is 0 Å². The average Bonchev–Trinajstić information content (AvgIpc) is 2.40. The standard InChI is InChI=1S/C13H17N5/c1-3-18(4-2)13(14)17-12-10-7-5-6-8-11(10)15-9-16-12/h5-9H,3-4H2,1-2H3,(H2,14,15,16,17). The Morgan fingerprint density at radius 1 is 1.22 bits per heavy atom. The van der Waals surface area contributed by atoms with Crippen LogP contribution in [0.1, 0.15) is 13.8 Å². The summed E-state index contributed by atoms with van der Waals surface area (Å²) in [5.74, 6) is 1.11. The average molecular weight is 243 g/mol. The Morgan fingerprint density at radius 3 is 2.67 bits per heavy atom. The summed E-state index contributed by atoms with van der Waals surface area (Å²) < 4.78 is 0. The van der Waals surface area contributed by atoms with E-state index in [1.165, 1.54) is 6.33 Å². The van der Waals surface area contributed by atoms with Crippen molar-refractivity contribution >= 4 is 22.7 Å². The van der Waals surface area contributed by atoms with Crippen LogP contribution in [0.3, 0.4) is 0 Å². The zero-order chi connectivity index (χ0) is 13.0. The molecule has 94 valence electrons. The fraction of sp³-hybridized carbons (Fsp3) is 0.308. The van der Waals surface area contributed by atoms with E-state index in [9.17, 15) is 0 Å². The van der Waals surface area contributed by atoms with Crippen LogP contribution in [0.4, 0.5) is 5.82 Å². The van der Waals surface area contributed by atoms with Crippen LogP contribution in [-0.2, 0) is 0 Å². The van der Waals surface area contributed by atoms with Crippen molar-refractivity contribution in [1.82, 2.24) is 14.9 Å². The van der Waals surface area contributed by atoms with Gasteiger partial charge in [0.05, 0.1) is 5.52 Å². The molecule has 0 radical (unpaired) electrons. The van der Waals surface area contributed by atoms with Gasteiger partial charge in [0.15, 0.2) is 11.8 Å². The minimum atomic E-state index is 0.490. The molecule has 1 heterocycles. The molecule has 0 saturated carbocycles. The van der Waals surface area contributed by atoms with Gasteiger partial charge in [-0.2, -0.15) is 4.99 Å². The molecule has 0 fully saturated rings. The zero-order valence-corrected chi connectivity index (χ0v) is 10.7. The van der Waals surface area contributed by atoms with Gasteiger partial charge >= 0.3 is 0 Å². The van der Waals surface area contributed by atoms with E-state index >= 15 is 0 Å². The second-order valence-electron chi connectivity index (χ2n) is 3.86. The van der Waals surface area contributed by atoms with Gasteiger partial charge in [0.1, 0.15) is 6.33 Å². The lowest BCUT2D eigenvalue weighted by Gasteiger charge is -2.19. The third-order valence-electron chi connectivity index (χ3n) is 2.83. The van der Waals surface area contributed by atoms with Crippen molar-refractivity contribution in [3.05, 3.63) is 30.6 Å². The molecule has 2 aromatic rings. The molecule has 1 aromatic heterocycles. The van der Waals surface area contributed by atoms with Crippen LogP contribution in [0.5, 0.6) is 0 Å². The van der Waals surface area contributed by atoms with Crippen molar-refractivity contribution in [2.75, 3.05) is 13.1 Å². The van der Waals surface area contributed by atoms with Crippen molar-refractivity contribution in [1.29, 1.82) is 0 Å². The van der Waals surface area contributed by atoms with Crippen LogP contribution in [0.15, 0.2) is 35.6 Å². The summed E-state index contributed by atoms with van der Waals surface area (Å²) in [6.45, 7) is 5.75. The number of aromatic nitrogens is 2. The first kappa shape index (κ1) is 12.3. The lowest BCUT2D eigenvalue weighted by Crippen LogP contribution is -2.36. The van der Waals surface area contributed by atoms with Crippen molar-refractivity contribution in [2.45, 2.75) is 13.8 Å². The van der Waals surface area contributed by atoms with Gasteiger partial charge in [-0.3, -0.25) is 0 Å². The molecule has 0 amide bonds. The third kappa shape index (κ3) is 2.40. The van der Waals surface area contributed by atoms with Crippen LogP contribution in [0.2, 0.25) is 0 Å². The highest BCUT2D eigenvalue weighted by Crippen LogP contribution is 2.21. The first-order valence-electron chi connectivity index (χ1n) is 6.05. The van der Waals surface area contributed by atoms with Crippen LogP contribution in [0, 0.1) is 0 Å². The van der Waals surface area contributed by atoms with Gasteiger partial charge in [-0.25, -0.2) is 9.97 Å².